The molecule has 0 N–H and O–H groups in total. The van der Waals surface area contributed by atoms with Crippen LogP contribution in [0.25, 0.3) is 87.6 Å². The minimum atomic E-state index is 0.920. The molecule has 1 heteroatoms. The fourth-order valence-corrected chi connectivity index (χ4v) is 6.99. The molecule has 0 aliphatic heterocycles. The maximum absolute atomic E-state index is 6.49. The third-order valence-corrected chi connectivity index (χ3v) is 8.87. The Morgan fingerprint density at radius 1 is 0.302 bits per heavy atom. The third kappa shape index (κ3) is 3.65. The van der Waals surface area contributed by atoms with Crippen LogP contribution in [0.4, 0.5) is 0 Å². The number of benzene rings is 8. The van der Waals surface area contributed by atoms with Crippen LogP contribution in [0.3, 0.4) is 0 Å². The molecule has 0 saturated carbocycles. The number of furan rings is 1. The molecule has 0 unspecified atom stereocenters. The van der Waals surface area contributed by atoms with Crippen molar-refractivity contribution in [3.05, 3.63) is 158 Å². The van der Waals surface area contributed by atoms with Crippen LogP contribution >= 0.6 is 0 Å². The summed E-state index contributed by atoms with van der Waals surface area (Å²) in [5, 5.41) is 9.76. The Kier molecular flexibility index (Phi) is 5.27. The second kappa shape index (κ2) is 9.44. The van der Waals surface area contributed by atoms with E-state index in [4.69, 9.17) is 4.42 Å². The standard InChI is InChI=1S/C42H26O/c1-2-12-27(13-3-1)28-22-24-29(25-23-28)40-32-16-6-8-18-34(32)41(35-19-9-7-17-33(35)40)37-26-39-42(31-15-5-4-14-30(31)37)36-20-10-11-21-38(36)43-39/h1-26H. The van der Waals surface area contributed by atoms with E-state index in [0.29, 0.717) is 0 Å². The zero-order valence-electron chi connectivity index (χ0n) is 23.4. The summed E-state index contributed by atoms with van der Waals surface area (Å²) >= 11 is 0. The van der Waals surface area contributed by atoms with Crippen molar-refractivity contribution >= 4 is 54.3 Å². The van der Waals surface area contributed by atoms with Crippen molar-refractivity contribution in [2.45, 2.75) is 0 Å². The van der Waals surface area contributed by atoms with E-state index in [1.165, 1.54) is 71.1 Å². The highest BCUT2D eigenvalue weighted by molar-refractivity contribution is 6.27. The lowest BCUT2D eigenvalue weighted by Crippen LogP contribution is -1.92. The number of fused-ring (bicyclic) bond motifs is 7. The fourth-order valence-electron chi connectivity index (χ4n) is 6.99. The first-order valence-corrected chi connectivity index (χ1v) is 14.8. The average molecular weight is 547 g/mol. The minimum Gasteiger partial charge on any atom is -0.456 e. The maximum Gasteiger partial charge on any atom is 0.136 e. The summed E-state index contributed by atoms with van der Waals surface area (Å²) in [4.78, 5) is 0. The summed E-state index contributed by atoms with van der Waals surface area (Å²) in [5.74, 6) is 0. The van der Waals surface area contributed by atoms with E-state index in [1.807, 2.05) is 6.07 Å². The van der Waals surface area contributed by atoms with Crippen LogP contribution in [0.5, 0.6) is 0 Å². The Labute approximate surface area is 249 Å². The minimum absolute atomic E-state index is 0.920. The van der Waals surface area contributed by atoms with Crippen LogP contribution in [0.15, 0.2) is 162 Å². The molecule has 0 amide bonds. The molecule has 0 atom stereocenters. The van der Waals surface area contributed by atoms with Gasteiger partial charge in [-0.3, -0.25) is 0 Å². The van der Waals surface area contributed by atoms with Gasteiger partial charge in [-0.2, -0.15) is 0 Å². The zero-order chi connectivity index (χ0) is 28.3. The molecule has 0 bridgehead atoms. The quantitative estimate of drug-likeness (QED) is 0.201. The van der Waals surface area contributed by atoms with Crippen molar-refractivity contribution in [3.8, 4) is 33.4 Å². The lowest BCUT2D eigenvalue weighted by atomic mass is 9.84. The van der Waals surface area contributed by atoms with E-state index < -0.39 is 0 Å². The van der Waals surface area contributed by atoms with Crippen molar-refractivity contribution < 1.29 is 4.42 Å². The zero-order valence-corrected chi connectivity index (χ0v) is 23.4. The SMILES string of the molecule is c1ccc(-c2ccc(-c3c4ccccc4c(-c4cc5oc6ccccc6c5c5ccccc45)c4ccccc34)cc2)cc1. The van der Waals surface area contributed by atoms with Crippen molar-refractivity contribution in [1.82, 2.24) is 0 Å². The molecule has 0 aliphatic rings. The summed E-state index contributed by atoms with van der Waals surface area (Å²) < 4.78 is 6.49. The van der Waals surface area contributed by atoms with Crippen LogP contribution in [-0.4, -0.2) is 0 Å². The molecule has 1 heterocycles. The summed E-state index contributed by atoms with van der Waals surface area (Å²) in [5.41, 5.74) is 9.22. The summed E-state index contributed by atoms with van der Waals surface area (Å²) in [6, 6.07) is 56.7. The van der Waals surface area contributed by atoms with Crippen LogP contribution in [0.2, 0.25) is 0 Å². The monoisotopic (exact) mass is 546 g/mol. The highest BCUT2D eigenvalue weighted by atomic mass is 16.3. The average Bonchev–Trinajstić information content (AvgIpc) is 3.46. The first-order chi connectivity index (χ1) is 21.3. The second-order valence-corrected chi connectivity index (χ2v) is 11.2. The van der Waals surface area contributed by atoms with E-state index in [-0.39, 0.29) is 0 Å². The number of hydrogen-bond donors (Lipinski definition) is 0. The summed E-state index contributed by atoms with van der Waals surface area (Å²) in [6.45, 7) is 0. The van der Waals surface area contributed by atoms with Gasteiger partial charge in [-0.25, -0.2) is 0 Å². The van der Waals surface area contributed by atoms with Crippen LogP contribution < -0.4 is 0 Å². The highest BCUT2D eigenvalue weighted by Crippen LogP contribution is 2.47. The van der Waals surface area contributed by atoms with Gasteiger partial charge in [0, 0.05) is 10.8 Å². The molecule has 9 aromatic rings. The van der Waals surface area contributed by atoms with Gasteiger partial charge in [0.25, 0.3) is 0 Å². The Morgan fingerprint density at radius 3 is 1.42 bits per heavy atom. The molecular weight excluding hydrogens is 520 g/mol. The van der Waals surface area contributed by atoms with Crippen molar-refractivity contribution in [1.29, 1.82) is 0 Å². The van der Waals surface area contributed by atoms with E-state index >= 15 is 0 Å². The second-order valence-electron chi connectivity index (χ2n) is 11.2. The lowest BCUT2D eigenvalue weighted by molar-refractivity contribution is 0.669. The Hall–Kier alpha value is -5.66. The van der Waals surface area contributed by atoms with Crippen LogP contribution in [0.1, 0.15) is 0 Å². The molecule has 43 heavy (non-hydrogen) atoms. The summed E-state index contributed by atoms with van der Waals surface area (Å²) in [6.07, 6.45) is 0. The number of hydrogen-bond acceptors (Lipinski definition) is 1. The van der Waals surface area contributed by atoms with Gasteiger partial charge in [-0.05, 0) is 77.8 Å². The fraction of sp³-hybridized carbons (Fsp3) is 0. The van der Waals surface area contributed by atoms with E-state index in [0.717, 1.165) is 16.6 Å². The Morgan fingerprint density at radius 2 is 0.767 bits per heavy atom. The lowest BCUT2D eigenvalue weighted by Gasteiger charge is -2.19. The van der Waals surface area contributed by atoms with Gasteiger partial charge in [0.2, 0.25) is 0 Å². The maximum atomic E-state index is 6.49. The van der Waals surface area contributed by atoms with E-state index in [1.54, 1.807) is 0 Å². The van der Waals surface area contributed by atoms with Gasteiger partial charge in [0.15, 0.2) is 0 Å². The van der Waals surface area contributed by atoms with Crippen LogP contribution in [-0.2, 0) is 0 Å². The molecule has 1 aromatic heterocycles. The van der Waals surface area contributed by atoms with E-state index in [9.17, 15) is 0 Å². The van der Waals surface area contributed by atoms with Crippen molar-refractivity contribution in [3.63, 3.8) is 0 Å². The molecule has 0 aliphatic carbocycles. The molecule has 9 rings (SSSR count). The molecule has 200 valence electrons. The number of para-hydroxylation sites is 1. The normalized spacial score (nSPS) is 11.7. The number of rotatable bonds is 3. The molecule has 0 radical (unpaired) electrons. The third-order valence-electron chi connectivity index (χ3n) is 8.87. The van der Waals surface area contributed by atoms with Gasteiger partial charge in [0.1, 0.15) is 11.2 Å². The van der Waals surface area contributed by atoms with Gasteiger partial charge >= 0.3 is 0 Å². The first kappa shape index (κ1) is 24.0. The van der Waals surface area contributed by atoms with Gasteiger partial charge in [-0.1, -0.05) is 146 Å². The molecule has 0 saturated heterocycles. The molecule has 1 nitrogen and oxygen atoms in total. The predicted molar refractivity (Wildman–Crippen MR) is 183 cm³/mol. The topological polar surface area (TPSA) is 13.1 Å². The first-order valence-electron chi connectivity index (χ1n) is 14.8. The van der Waals surface area contributed by atoms with Gasteiger partial charge in [0.05, 0.1) is 0 Å². The smallest absolute Gasteiger partial charge is 0.136 e. The molecule has 8 aromatic carbocycles. The highest BCUT2D eigenvalue weighted by Gasteiger charge is 2.20. The molecular formula is C42H26O. The molecule has 0 fully saturated rings. The summed E-state index contributed by atoms with van der Waals surface area (Å²) in [7, 11) is 0. The molecule has 0 spiro atoms. The van der Waals surface area contributed by atoms with E-state index in [2.05, 4.69) is 152 Å². The largest absolute Gasteiger partial charge is 0.456 e. The van der Waals surface area contributed by atoms with Gasteiger partial charge in [-0.15, -0.1) is 0 Å². The van der Waals surface area contributed by atoms with Crippen LogP contribution in [0, 0.1) is 0 Å². The predicted octanol–water partition coefficient (Wildman–Crippen LogP) is 12.0. The van der Waals surface area contributed by atoms with Gasteiger partial charge < -0.3 is 4.42 Å². The Bertz CT molecular complexity index is 2420. The Balaban J connectivity index is 1.37. The van der Waals surface area contributed by atoms with Crippen molar-refractivity contribution in [2.75, 3.05) is 0 Å². The van der Waals surface area contributed by atoms with Crippen molar-refractivity contribution in [2.24, 2.45) is 0 Å².